The van der Waals surface area contributed by atoms with E-state index in [9.17, 15) is 8.78 Å². The number of anilines is 1. The largest absolute Gasteiger partial charge is 0.435 e. The molecule has 0 bridgehead atoms. The van der Waals surface area contributed by atoms with Crippen LogP contribution in [0.3, 0.4) is 0 Å². The van der Waals surface area contributed by atoms with E-state index in [-0.39, 0.29) is 5.75 Å². The molecular weight excluding hydrogens is 346 g/mol. The number of fused-ring (bicyclic) bond motifs is 3. The van der Waals surface area contributed by atoms with Gasteiger partial charge in [0.2, 0.25) is 0 Å². The van der Waals surface area contributed by atoms with Crippen molar-refractivity contribution >= 4 is 17.3 Å². The van der Waals surface area contributed by atoms with E-state index in [1.54, 1.807) is 6.07 Å². The second-order valence-electron chi connectivity index (χ2n) is 6.45. The van der Waals surface area contributed by atoms with Gasteiger partial charge in [-0.3, -0.25) is 0 Å². The van der Waals surface area contributed by atoms with Crippen LogP contribution in [0.5, 0.6) is 5.75 Å². The molecule has 1 atom stereocenters. The average Bonchev–Trinajstić information content (AvgIpc) is 2.74. The second-order valence-corrected chi connectivity index (χ2v) is 6.86. The Bertz CT molecular complexity index is 784. The molecule has 1 fully saturated rings. The number of halogens is 3. The van der Waals surface area contributed by atoms with Crippen LogP contribution in [0.1, 0.15) is 12.0 Å². The van der Waals surface area contributed by atoms with E-state index < -0.39 is 6.61 Å². The van der Waals surface area contributed by atoms with Gasteiger partial charge in [-0.2, -0.15) is 8.78 Å². The highest BCUT2D eigenvalue weighted by Crippen LogP contribution is 2.39. The molecule has 6 heteroatoms. The quantitative estimate of drug-likeness (QED) is 0.877. The lowest BCUT2D eigenvalue weighted by Gasteiger charge is -2.24. The molecule has 2 aliphatic heterocycles. The van der Waals surface area contributed by atoms with E-state index in [0.717, 1.165) is 43.6 Å². The maximum absolute atomic E-state index is 12.3. The van der Waals surface area contributed by atoms with Gasteiger partial charge in [-0.25, -0.2) is 0 Å². The summed E-state index contributed by atoms with van der Waals surface area (Å²) in [6.07, 6.45) is 2.18. The first-order chi connectivity index (χ1) is 12.1. The summed E-state index contributed by atoms with van der Waals surface area (Å²) in [5.41, 5.74) is 4.46. The van der Waals surface area contributed by atoms with Gasteiger partial charge in [0.15, 0.2) is 0 Å². The van der Waals surface area contributed by atoms with Crippen LogP contribution in [0, 0.1) is 0 Å². The minimum absolute atomic E-state index is 0.0748. The highest BCUT2D eigenvalue weighted by molar-refractivity contribution is 6.33. The van der Waals surface area contributed by atoms with E-state index in [1.165, 1.54) is 23.4 Å². The highest BCUT2D eigenvalue weighted by atomic mass is 35.5. The third kappa shape index (κ3) is 3.31. The summed E-state index contributed by atoms with van der Waals surface area (Å²) in [6.45, 7) is 0.240. The van der Waals surface area contributed by atoms with Crippen molar-refractivity contribution in [1.82, 2.24) is 5.32 Å². The van der Waals surface area contributed by atoms with E-state index in [0.29, 0.717) is 11.1 Å². The minimum atomic E-state index is -2.85. The maximum Gasteiger partial charge on any atom is 0.387 e. The Hall–Kier alpha value is -1.85. The highest BCUT2D eigenvalue weighted by Gasteiger charge is 2.30. The number of benzene rings is 2. The number of hydrogen-bond acceptors (Lipinski definition) is 3. The molecule has 25 heavy (non-hydrogen) atoms. The SMILES string of the molecule is FC(F)Oc1ccc(-c2ccc3c(c2)CC2CCNCCN32)c(Cl)c1. The molecule has 2 aliphatic rings. The predicted octanol–water partition coefficient (Wildman–Crippen LogP) is 4.33. The summed E-state index contributed by atoms with van der Waals surface area (Å²) < 4.78 is 29.1. The summed E-state index contributed by atoms with van der Waals surface area (Å²) in [5, 5.41) is 3.86. The van der Waals surface area contributed by atoms with Gasteiger partial charge in [0.05, 0.1) is 5.02 Å². The van der Waals surface area contributed by atoms with Crippen LogP contribution in [0.15, 0.2) is 36.4 Å². The molecule has 132 valence electrons. The number of rotatable bonds is 3. The van der Waals surface area contributed by atoms with Crippen molar-refractivity contribution in [3.8, 4) is 16.9 Å². The van der Waals surface area contributed by atoms with E-state index in [2.05, 4.69) is 27.1 Å². The van der Waals surface area contributed by atoms with Gasteiger partial charge in [-0.1, -0.05) is 17.7 Å². The first-order valence-corrected chi connectivity index (χ1v) is 8.84. The van der Waals surface area contributed by atoms with Gasteiger partial charge < -0.3 is 15.0 Å². The van der Waals surface area contributed by atoms with Crippen molar-refractivity contribution in [2.45, 2.75) is 25.5 Å². The third-order valence-electron chi connectivity index (χ3n) is 4.95. The van der Waals surface area contributed by atoms with Gasteiger partial charge in [0.25, 0.3) is 0 Å². The van der Waals surface area contributed by atoms with Gasteiger partial charge in [-0.05, 0) is 60.8 Å². The zero-order valence-electron chi connectivity index (χ0n) is 13.6. The molecule has 1 unspecified atom stereocenters. The van der Waals surface area contributed by atoms with Crippen molar-refractivity contribution in [3.05, 3.63) is 47.0 Å². The molecule has 1 saturated heterocycles. The van der Waals surface area contributed by atoms with Gasteiger partial charge in [0.1, 0.15) is 5.75 Å². The number of hydrogen-bond donors (Lipinski definition) is 1. The molecule has 4 rings (SSSR count). The zero-order valence-corrected chi connectivity index (χ0v) is 14.4. The Morgan fingerprint density at radius 2 is 2.04 bits per heavy atom. The van der Waals surface area contributed by atoms with E-state index >= 15 is 0 Å². The Balaban J connectivity index is 1.63. The van der Waals surface area contributed by atoms with Gasteiger partial charge in [-0.15, -0.1) is 0 Å². The fraction of sp³-hybridized carbons (Fsp3) is 0.368. The van der Waals surface area contributed by atoms with Crippen LogP contribution in [0.25, 0.3) is 11.1 Å². The van der Waals surface area contributed by atoms with E-state index in [1.807, 2.05) is 6.07 Å². The third-order valence-corrected chi connectivity index (χ3v) is 5.26. The van der Waals surface area contributed by atoms with Crippen molar-refractivity contribution in [1.29, 1.82) is 0 Å². The predicted molar refractivity (Wildman–Crippen MR) is 95.8 cm³/mol. The Morgan fingerprint density at radius 1 is 1.16 bits per heavy atom. The molecule has 3 nitrogen and oxygen atoms in total. The molecule has 0 spiro atoms. The lowest BCUT2D eigenvalue weighted by atomic mass is 10.0. The molecule has 2 aromatic rings. The standard InChI is InChI=1S/C19H19ClF2N2O/c20-17-11-15(25-19(21)22)2-3-16(17)12-1-4-18-13(9-12)10-14-5-6-23-7-8-24(14)18/h1-4,9,11,14,19,23H,5-8,10H2. The van der Waals surface area contributed by atoms with E-state index in [4.69, 9.17) is 11.6 Å². The van der Waals surface area contributed by atoms with Crippen LogP contribution in [-0.4, -0.2) is 32.3 Å². The number of alkyl halides is 2. The molecule has 0 saturated carbocycles. The van der Waals surface area contributed by atoms with Crippen molar-refractivity contribution in [2.75, 3.05) is 24.5 Å². The van der Waals surface area contributed by atoms with Crippen LogP contribution in [-0.2, 0) is 6.42 Å². The summed E-state index contributed by atoms with van der Waals surface area (Å²) in [5.74, 6) is 0.0748. The summed E-state index contributed by atoms with van der Waals surface area (Å²) in [4.78, 5) is 2.49. The zero-order chi connectivity index (χ0) is 17.4. The summed E-state index contributed by atoms with van der Waals surface area (Å²) in [7, 11) is 0. The number of nitrogens with one attached hydrogen (secondary N) is 1. The molecule has 0 amide bonds. The fourth-order valence-electron chi connectivity index (χ4n) is 3.82. The lowest BCUT2D eigenvalue weighted by Crippen LogP contribution is -2.32. The Labute approximate surface area is 150 Å². The molecule has 2 heterocycles. The van der Waals surface area contributed by atoms with Gasteiger partial charge >= 0.3 is 6.61 Å². The van der Waals surface area contributed by atoms with Crippen molar-refractivity contribution in [3.63, 3.8) is 0 Å². The number of ether oxygens (including phenoxy) is 1. The van der Waals surface area contributed by atoms with Crippen molar-refractivity contribution in [2.24, 2.45) is 0 Å². The normalized spacial score (nSPS) is 19.5. The molecular formula is C19H19ClF2N2O. The first-order valence-electron chi connectivity index (χ1n) is 8.47. The Morgan fingerprint density at radius 3 is 2.84 bits per heavy atom. The van der Waals surface area contributed by atoms with Crippen molar-refractivity contribution < 1.29 is 13.5 Å². The average molecular weight is 365 g/mol. The lowest BCUT2D eigenvalue weighted by molar-refractivity contribution is -0.0498. The summed E-state index contributed by atoms with van der Waals surface area (Å²) >= 11 is 6.30. The molecule has 2 aromatic carbocycles. The molecule has 1 N–H and O–H groups in total. The van der Waals surface area contributed by atoms with Crippen LogP contribution in [0.4, 0.5) is 14.5 Å². The van der Waals surface area contributed by atoms with Crippen LogP contribution >= 0.6 is 11.6 Å². The minimum Gasteiger partial charge on any atom is -0.435 e. The van der Waals surface area contributed by atoms with Crippen LogP contribution < -0.4 is 15.0 Å². The van der Waals surface area contributed by atoms with Crippen LogP contribution in [0.2, 0.25) is 5.02 Å². The smallest absolute Gasteiger partial charge is 0.387 e. The Kier molecular flexibility index (Phi) is 4.52. The van der Waals surface area contributed by atoms with Gasteiger partial charge in [0, 0.05) is 30.4 Å². The number of nitrogens with zero attached hydrogens (tertiary/aromatic N) is 1. The summed E-state index contributed by atoms with van der Waals surface area (Å²) in [6, 6.07) is 11.6. The molecule has 0 radical (unpaired) electrons. The molecule has 0 aliphatic carbocycles. The molecule has 0 aromatic heterocycles. The maximum atomic E-state index is 12.3. The first kappa shape index (κ1) is 16.6. The fourth-order valence-corrected chi connectivity index (χ4v) is 4.10. The monoisotopic (exact) mass is 364 g/mol. The topological polar surface area (TPSA) is 24.5 Å². The second kappa shape index (κ2) is 6.81.